The highest BCUT2D eigenvalue weighted by Crippen LogP contribution is 2.64. The van der Waals surface area contributed by atoms with Crippen molar-refractivity contribution in [3.05, 3.63) is 59.2 Å². The molecule has 2 bridgehead atoms. The molecule has 3 saturated heterocycles. The molecule has 4 nitrogen and oxygen atoms in total. The van der Waals surface area contributed by atoms with E-state index in [0.29, 0.717) is 11.5 Å². The lowest BCUT2D eigenvalue weighted by molar-refractivity contribution is -0.137. The van der Waals surface area contributed by atoms with Gasteiger partial charge in [-0.1, -0.05) is 30.3 Å². The van der Waals surface area contributed by atoms with Crippen LogP contribution < -0.4 is 0 Å². The molecule has 7 rings (SSSR count). The third kappa shape index (κ3) is 3.51. The van der Waals surface area contributed by atoms with Gasteiger partial charge < -0.3 is 10.0 Å². The lowest BCUT2D eigenvalue weighted by Gasteiger charge is -2.52. The number of amides is 1. The zero-order valence-electron chi connectivity index (χ0n) is 19.0. The van der Waals surface area contributed by atoms with Crippen molar-refractivity contribution in [3.8, 4) is 11.1 Å². The van der Waals surface area contributed by atoms with Crippen molar-refractivity contribution in [2.24, 2.45) is 11.3 Å². The van der Waals surface area contributed by atoms with E-state index in [-0.39, 0.29) is 23.1 Å². The first-order valence-electron chi connectivity index (χ1n) is 12.3. The normalized spacial score (nSPS) is 29.0. The molecule has 7 heteroatoms. The number of halogens is 3. The largest absolute Gasteiger partial charge is 0.465 e. The topological polar surface area (TPSA) is 43.8 Å². The number of nitrogens with zero attached hydrogens (tertiary/aromatic N) is 2. The van der Waals surface area contributed by atoms with Gasteiger partial charge in [0.15, 0.2) is 0 Å². The summed E-state index contributed by atoms with van der Waals surface area (Å²) in [5.74, 6) is 0.358. The Morgan fingerprint density at radius 1 is 1.06 bits per heavy atom. The number of benzene rings is 2. The molecule has 2 aliphatic carbocycles. The van der Waals surface area contributed by atoms with Crippen LogP contribution >= 0.6 is 0 Å². The Morgan fingerprint density at radius 2 is 1.79 bits per heavy atom. The highest BCUT2D eigenvalue weighted by molar-refractivity contribution is 5.71. The van der Waals surface area contributed by atoms with Gasteiger partial charge in [-0.25, -0.2) is 4.79 Å². The Hall–Kier alpha value is -2.54. The third-order valence-corrected chi connectivity index (χ3v) is 8.83. The number of carboxylic acid groups (broad SMARTS) is 1. The highest BCUT2D eigenvalue weighted by Gasteiger charge is 2.57. The fourth-order valence-corrected chi connectivity index (χ4v) is 6.90. The zero-order chi connectivity index (χ0) is 23.7. The number of hydrogen-bond donors (Lipinski definition) is 1. The quantitative estimate of drug-likeness (QED) is 0.580. The van der Waals surface area contributed by atoms with Crippen LogP contribution in [0.2, 0.25) is 0 Å². The molecule has 4 fully saturated rings. The minimum atomic E-state index is -4.45. The first kappa shape index (κ1) is 22.0. The minimum Gasteiger partial charge on any atom is -0.465 e. The standard InChI is InChI=1S/C27H29F3N2O2/c28-27(29,30)22-4-2-1-3-20(22)19-6-5-17-7-10-26(11-12-26)24(21(17)15-19)32(25(33)34)23-16-31-13-8-18(23)9-14-31/h1-6,15,18,23-24H,7-14,16H2,(H,33,34)/t23?,24-/m1/s1. The van der Waals surface area contributed by atoms with E-state index in [4.69, 9.17) is 0 Å². The summed E-state index contributed by atoms with van der Waals surface area (Å²) in [5.41, 5.74) is 1.90. The van der Waals surface area contributed by atoms with Crippen molar-refractivity contribution >= 4 is 6.09 Å². The summed E-state index contributed by atoms with van der Waals surface area (Å²) in [6.07, 6.45) is 0.418. The van der Waals surface area contributed by atoms with E-state index in [1.165, 1.54) is 12.1 Å². The van der Waals surface area contributed by atoms with Crippen LogP contribution in [0.25, 0.3) is 11.1 Å². The summed E-state index contributed by atoms with van der Waals surface area (Å²) in [6.45, 7) is 2.81. The molecule has 1 unspecified atom stereocenters. The molecule has 180 valence electrons. The summed E-state index contributed by atoms with van der Waals surface area (Å²) in [4.78, 5) is 16.9. The Bertz CT molecular complexity index is 1120. The summed E-state index contributed by atoms with van der Waals surface area (Å²) in [6, 6.07) is 10.9. The first-order chi connectivity index (χ1) is 16.3. The number of aryl methyl sites for hydroxylation is 1. The van der Waals surface area contributed by atoms with E-state index >= 15 is 0 Å². The Labute approximate surface area is 197 Å². The second-order valence-electron chi connectivity index (χ2n) is 10.6. The van der Waals surface area contributed by atoms with Gasteiger partial charge in [0.25, 0.3) is 0 Å². The van der Waals surface area contributed by atoms with Crippen molar-refractivity contribution in [2.75, 3.05) is 19.6 Å². The Kier molecular flexibility index (Phi) is 5.00. The van der Waals surface area contributed by atoms with E-state index in [2.05, 4.69) is 4.90 Å². The fraction of sp³-hybridized carbons (Fsp3) is 0.519. The Morgan fingerprint density at radius 3 is 2.41 bits per heavy atom. The first-order valence-corrected chi connectivity index (χ1v) is 12.3. The van der Waals surface area contributed by atoms with Gasteiger partial charge >= 0.3 is 12.3 Å². The van der Waals surface area contributed by atoms with E-state index in [1.807, 2.05) is 12.1 Å². The van der Waals surface area contributed by atoms with Crippen molar-refractivity contribution in [1.82, 2.24) is 9.80 Å². The second-order valence-corrected chi connectivity index (χ2v) is 10.6. The molecule has 3 heterocycles. The van der Waals surface area contributed by atoms with Crippen LogP contribution in [0.3, 0.4) is 0 Å². The molecule has 0 radical (unpaired) electrons. The maximum atomic E-state index is 13.8. The number of rotatable bonds is 3. The summed E-state index contributed by atoms with van der Waals surface area (Å²) in [5, 5.41) is 10.5. The lowest BCUT2D eigenvalue weighted by atomic mass is 9.73. The third-order valence-electron chi connectivity index (χ3n) is 8.83. The molecule has 0 aromatic heterocycles. The van der Waals surface area contributed by atoms with Gasteiger partial charge in [-0.05, 0) is 97.3 Å². The molecule has 1 N–H and O–H groups in total. The van der Waals surface area contributed by atoms with Crippen LogP contribution in [0, 0.1) is 11.3 Å². The molecule has 1 spiro atoms. The van der Waals surface area contributed by atoms with Gasteiger partial charge in [-0.3, -0.25) is 4.90 Å². The molecule has 34 heavy (non-hydrogen) atoms. The molecule has 1 amide bonds. The van der Waals surface area contributed by atoms with Crippen LogP contribution in [0.5, 0.6) is 0 Å². The zero-order valence-corrected chi connectivity index (χ0v) is 19.0. The van der Waals surface area contributed by atoms with Crippen LogP contribution in [0.4, 0.5) is 18.0 Å². The predicted octanol–water partition coefficient (Wildman–Crippen LogP) is 6.21. The van der Waals surface area contributed by atoms with E-state index < -0.39 is 17.8 Å². The van der Waals surface area contributed by atoms with E-state index in [1.54, 1.807) is 17.0 Å². The van der Waals surface area contributed by atoms with Gasteiger partial charge in [-0.2, -0.15) is 13.2 Å². The molecule has 2 atom stereocenters. The number of fused-ring (bicyclic) bond motifs is 4. The number of hydrogen-bond acceptors (Lipinski definition) is 2. The molecule has 2 aromatic rings. The van der Waals surface area contributed by atoms with Crippen molar-refractivity contribution in [3.63, 3.8) is 0 Å². The monoisotopic (exact) mass is 470 g/mol. The maximum absolute atomic E-state index is 13.8. The number of piperidine rings is 3. The van der Waals surface area contributed by atoms with Crippen molar-refractivity contribution < 1.29 is 23.1 Å². The summed E-state index contributed by atoms with van der Waals surface area (Å²) >= 11 is 0. The summed E-state index contributed by atoms with van der Waals surface area (Å²) in [7, 11) is 0. The van der Waals surface area contributed by atoms with Crippen LogP contribution in [-0.2, 0) is 12.6 Å². The number of carbonyl (C=O) groups is 1. The highest BCUT2D eigenvalue weighted by atomic mass is 19.4. The van der Waals surface area contributed by atoms with E-state index in [0.717, 1.165) is 75.4 Å². The van der Waals surface area contributed by atoms with Gasteiger partial charge in [0.05, 0.1) is 17.6 Å². The Balaban J connectivity index is 1.46. The average molecular weight is 471 g/mol. The smallest absolute Gasteiger partial charge is 0.417 e. The van der Waals surface area contributed by atoms with Gasteiger partial charge in [0.2, 0.25) is 0 Å². The molecular formula is C27H29F3N2O2. The fourth-order valence-electron chi connectivity index (χ4n) is 6.90. The van der Waals surface area contributed by atoms with E-state index in [9.17, 15) is 23.1 Å². The van der Waals surface area contributed by atoms with Gasteiger partial charge in [0, 0.05) is 6.54 Å². The number of alkyl halides is 3. The second kappa shape index (κ2) is 7.74. The minimum absolute atomic E-state index is 0.0560. The van der Waals surface area contributed by atoms with Crippen LogP contribution in [-0.4, -0.2) is 46.7 Å². The molecule has 5 aliphatic rings. The molecular weight excluding hydrogens is 441 g/mol. The molecule has 2 aromatic carbocycles. The average Bonchev–Trinajstić information content (AvgIpc) is 3.60. The van der Waals surface area contributed by atoms with Crippen molar-refractivity contribution in [2.45, 2.75) is 56.8 Å². The summed E-state index contributed by atoms with van der Waals surface area (Å²) < 4.78 is 41.3. The molecule has 3 aliphatic heterocycles. The lowest BCUT2D eigenvalue weighted by Crippen LogP contribution is -2.60. The maximum Gasteiger partial charge on any atom is 0.417 e. The van der Waals surface area contributed by atoms with Crippen LogP contribution in [0.1, 0.15) is 54.8 Å². The molecule has 1 saturated carbocycles. The van der Waals surface area contributed by atoms with Gasteiger partial charge in [0.1, 0.15) is 0 Å². The predicted molar refractivity (Wildman–Crippen MR) is 122 cm³/mol. The SMILES string of the molecule is O=C(O)N(C1CN2CCC1CC2)[C@@H]1c2cc(-c3ccccc3C(F)(F)F)ccc2CCC12CC2. The van der Waals surface area contributed by atoms with Crippen molar-refractivity contribution in [1.29, 1.82) is 0 Å². The van der Waals surface area contributed by atoms with Crippen LogP contribution in [0.15, 0.2) is 42.5 Å². The van der Waals surface area contributed by atoms with Gasteiger partial charge in [-0.15, -0.1) is 0 Å².